The average Bonchev–Trinajstić information content (AvgIpc) is 2.86. The minimum absolute atomic E-state index is 0.0466. The molecule has 1 atom stereocenters. The van der Waals surface area contributed by atoms with Gasteiger partial charge in [-0.1, -0.05) is 52.0 Å². The van der Waals surface area contributed by atoms with Crippen LogP contribution < -0.4 is 10.2 Å². The first kappa shape index (κ1) is 21.7. The van der Waals surface area contributed by atoms with Crippen molar-refractivity contribution in [2.45, 2.75) is 46.6 Å². The molecular formula is C25H27N3O4. The summed E-state index contributed by atoms with van der Waals surface area (Å²) in [6.45, 7) is 7.73. The number of carbonyl (C=O) groups is 2. The molecule has 0 saturated carbocycles. The van der Waals surface area contributed by atoms with Crippen LogP contribution in [0.3, 0.4) is 0 Å². The van der Waals surface area contributed by atoms with Gasteiger partial charge in [0.1, 0.15) is 0 Å². The number of ketones is 1. The van der Waals surface area contributed by atoms with Crippen LogP contribution in [0.4, 0.5) is 17.1 Å². The fraction of sp³-hybridized carbons (Fsp3) is 0.360. The number of carbonyl (C=O) groups excluding carboxylic acids is 2. The summed E-state index contributed by atoms with van der Waals surface area (Å²) in [5.74, 6) is -0.529. The van der Waals surface area contributed by atoms with Gasteiger partial charge in [-0.2, -0.15) is 0 Å². The molecule has 1 heterocycles. The maximum atomic E-state index is 13.6. The normalized spacial score (nSPS) is 19.7. The van der Waals surface area contributed by atoms with Gasteiger partial charge in [0, 0.05) is 35.7 Å². The summed E-state index contributed by atoms with van der Waals surface area (Å²) in [5, 5.41) is 14.9. The van der Waals surface area contributed by atoms with Crippen LogP contribution >= 0.6 is 0 Å². The van der Waals surface area contributed by atoms with E-state index in [2.05, 4.69) is 5.32 Å². The van der Waals surface area contributed by atoms with Gasteiger partial charge in [0.05, 0.1) is 22.3 Å². The van der Waals surface area contributed by atoms with Crippen molar-refractivity contribution in [2.24, 2.45) is 11.3 Å². The minimum Gasteiger partial charge on any atom is -0.357 e. The van der Waals surface area contributed by atoms with Crippen molar-refractivity contribution < 1.29 is 14.5 Å². The first-order valence-corrected chi connectivity index (χ1v) is 10.8. The maximum Gasteiger partial charge on any atom is 0.269 e. The van der Waals surface area contributed by atoms with Crippen LogP contribution in [-0.2, 0) is 9.59 Å². The topological polar surface area (TPSA) is 92.6 Å². The van der Waals surface area contributed by atoms with Crippen molar-refractivity contribution in [3.05, 3.63) is 75.5 Å². The standard InChI is InChI=1S/C25H27N3O4/c1-15(2)24(30)27-20-11-6-5-10-18(20)26-19-13-25(3,4)14-21(29)22(19)23(27)16-8-7-9-17(12-16)28(31)32/h5-12,15,23,26H,13-14H2,1-4H3. The zero-order valence-electron chi connectivity index (χ0n) is 18.7. The molecule has 0 fully saturated rings. The molecule has 0 aromatic heterocycles. The first-order valence-electron chi connectivity index (χ1n) is 10.8. The lowest BCUT2D eigenvalue weighted by Crippen LogP contribution is -2.41. The summed E-state index contributed by atoms with van der Waals surface area (Å²) in [6.07, 6.45) is 0.983. The van der Waals surface area contributed by atoms with E-state index in [0.29, 0.717) is 29.7 Å². The molecule has 1 N–H and O–H groups in total. The molecule has 32 heavy (non-hydrogen) atoms. The second kappa shape index (κ2) is 7.89. The highest BCUT2D eigenvalue weighted by molar-refractivity contribution is 6.06. The summed E-state index contributed by atoms with van der Waals surface area (Å²) in [7, 11) is 0. The lowest BCUT2D eigenvalue weighted by atomic mass is 9.73. The summed E-state index contributed by atoms with van der Waals surface area (Å²) in [4.78, 5) is 39.8. The van der Waals surface area contributed by atoms with E-state index >= 15 is 0 Å². The smallest absolute Gasteiger partial charge is 0.269 e. The van der Waals surface area contributed by atoms with Crippen molar-refractivity contribution in [1.82, 2.24) is 0 Å². The monoisotopic (exact) mass is 433 g/mol. The van der Waals surface area contributed by atoms with Crippen LogP contribution in [0.1, 0.15) is 52.1 Å². The molecular weight excluding hydrogens is 406 g/mol. The number of nitrogens with zero attached hydrogens (tertiary/aromatic N) is 2. The second-order valence-electron chi connectivity index (χ2n) is 9.59. The molecule has 7 nitrogen and oxygen atoms in total. The van der Waals surface area contributed by atoms with Crippen molar-refractivity contribution >= 4 is 28.8 Å². The molecule has 1 amide bonds. The summed E-state index contributed by atoms with van der Waals surface area (Å²) in [6, 6.07) is 13.0. The number of allylic oxidation sites excluding steroid dienone is 1. The van der Waals surface area contributed by atoms with Gasteiger partial charge >= 0.3 is 0 Å². The number of para-hydroxylation sites is 2. The number of nitrogens with one attached hydrogen (secondary N) is 1. The number of nitro groups is 1. The molecule has 2 aliphatic rings. The van der Waals surface area contributed by atoms with Gasteiger partial charge in [-0.3, -0.25) is 24.6 Å². The molecule has 0 spiro atoms. The Labute approximate surface area is 187 Å². The third-order valence-electron chi connectivity index (χ3n) is 6.03. The Hall–Kier alpha value is -3.48. The van der Waals surface area contributed by atoms with Crippen LogP contribution in [0.2, 0.25) is 0 Å². The second-order valence-corrected chi connectivity index (χ2v) is 9.59. The molecule has 166 valence electrons. The number of rotatable bonds is 3. The van der Waals surface area contributed by atoms with Crippen molar-refractivity contribution in [2.75, 3.05) is 10.2 Å². The number of hydrogen-bond acceptors (Lipinski definition) is 5. The van der Waals surface area contributed by atoms with Gasteiger partial charge in [0.15, 0.2) is 5.78 Å². The zero-order valence-corrected chi connectivity index (χ0v) is 18.7. The van der Waals surface area contributed by atoms with E-state index < -0.39 is 11.0 Å². The number of non-ortho nitro benzene ring substituents is 1. The third-order valence-corrected chi connectivity index (χ3v) is 6.03. The van der Waals surface area contributed by atoms with Crippen molar-refractivity contribution in [1.29, 1.82) is 0 Å². The van der Waals surface area contributed by atoms with Crippen LogP contribution in [-0.4, -0.2) is 16.6 Å². The molecule has 2 aromatic carbocycles. The fourth-order valence-corrected chi connectivity index (χ4v) is 4.63. The van der Waals surface area contributed by atoms with Crippen LogP contribution in [0.15, 0.2) is 59.8 Å². The number of benzene rings is 2. The Morgan fingerprint density at radius 2 is 1.88 bits per heavy atom. The Morgan fingerprint density at radius 3 is 2.56 bits per heavy atom. The highest BCUT2D eigenvalue weighted by atomic mass is 16.6. The maximum absolute atomic E-state index is 13.6. The van der Waals surface area contributed by atoms with E-state index in [9.17, 15) is 19.7 Å². The number of Topliss-reactive ketones (excluding diaryl/α,β-unsaturated/α-hetero) is 1. The minimum atomic E-state index is -0.750. The van der Waals surface area contributed by atoms with Gasteiger partial charge in [-0.15, -0.1) is 0 Å². The molecule has 1 unspecified atom stereocenters. The Balaban J connectivity index is 2.04. The van der Waals surface area contributed by atoms with E-state index in [1.807, 2.05) is 52.0 Å². The molecule has 4 rings (SSSR count). The predicted molar refractivity (Wildman–Crippen MR) is 123 cm³/mol. The molecule has 0 radical (unpaired) electrons. The SMILES string of the molecule is CC(C)C(=O)N1c2ccccc2NC2=C(C(=O)CC(C)(C)C2)C1c1cccc([N+](=O)[O-])c1. The number of nitro benzene ring substituents is 1. The number of anilines is 2. The summed E-state index contributed by atoms with van der Waals surface area (Å²) < 4.78 is 0. The Morgan fingerprint density at radius 1 is 1.16 bits per heavy atom. The third kappa shape index (κ3) is 3.79. The largest absolute Gasteiger partial charge is 0.357 e. The molecule has 0 saturated heterocycles. The lowest BCUT2D eigenvalue weighted by Gasteiger charge is -2.37. The van der Waals surface area contributed by atoms with Crippen LogP contribution in [0, 0.1) is 21.4 Å². The number of amides is 1. The van der Waals surface area contributed by atoms with Gasteiger partial charge in [0.2, 0.25) is 5.91 Å². The summed E-state index contributed by atoms with van der Waals surface area (Å²) in [5.41, 5.74) is 2.92. The molecule has 1 aliphatic carbocycles. The highest BCUT2D eigenvalue weighted by Gasteiger charge is 2.43. The van der Waals surface area contributed by atoms with Gasteiger partial charge in [-0.05, 0) is 29.5 Å². The average molecular weight is 434 g/mol. The highest BCUT2D eigenvalue weighted by Crippen LogP contribution is 2.48. The van der Waals surface area contributed by atoms with Crippen LogP contribution in [0.5, 0.6) is 0 Å². The number of hydrogen-bond donors (Lipinski definition) is 1. The summed E-state index contributed by atoms with van der Waals surface area (Å²) >= 11 is 0. The Kier molecular flexibility index (Phi) is 5.36. The molecule has 7 heteroatoms. The van der Waals surface area contributed by atoms with E-state index in [4.69, 9.17) is 0 Å². The predicted octanol–water partition coefficient (Wildman–Crippen LogP) is 5.39. The van der Waals surface area contributed by atoms with Crippen LogP contribution in [0.25, 0.3) is 0 Å². The first-order chi connectivity index (χ1) is 15.1. The van der Waals surface area contributed by atoms with E-state index in [1.54, 1.807) is 17.0 Å². The quantitative estimate of drug-likeness (QED) is 0.517. The van der Waals surface area contributed by atoms with Gasteiger partial charge in [0.25, 0.3) is 5.69 Å². The van der Waals surface area contributed by atoms with E-state index in [-0.39, 0.29) is 28.7 Å². The van der Waals surface area contributed by atoms with E-state index in [0.717, 1.165) is 11.4 Å². The lowest BCUT2D eigenvalue weighted by molar-refractivity contribution is -0.384. The molecule has 1 aliphatic heterocycles. The van der Waals surface area contributed by atoms with Crippen molar-refractivity contribution in [3.63, 3.8) is 0 Å². The number of fused-ring (bicyclic) bond motifs is 1. The fourth-order valence-electron chi connectivity index (χ4n) is 4.63. The zero-order chi connectivity index (χ0) is 23.2. The van der Waals surface area contributed by atoms with Gasteiger partial charge < -0.3 is 5.32 Å². The van der Waals surface area contributed by atoms with E-state index in [1.165, 1.54) is 12.1 Å². The van der Waals surface area contributed by atoms with Crippen molar-refractivity contribution in [3.8, 4) is 0 Å². The van der Waals surface area contributed by atoms with Gasteiger partial charge in [-0.25, -0.2) is 0 Å². The molecule has 2 aromatic rings. The Bertz CT molecular complexity index is 1150. The molecule has 0 bridgehead atoms.